The van der Waals surface area contributed by atoms with Gasteiger partial charge in [0.05, 0.1) is 5.69 Å². The molecule has 0 fully saturated rings. The lowest BCUT2D eigenvalue weighted by atomic mass is 10.4. The van der Waals surface area contributed by atoms with Crippen LogP contribution in [0.1, 0.15) is 6.92 Å². The van der Waals surface area contributed by atoms with Gasteiger partial charge < -0.3 is 5.32 Å². The quantitative estimate of drug-likeness (QED) is 0.780. The van der Waals surface area contributed by atoms with E-state index in [4.69, 9.17) is 0 Å². The lowest BCUT2D eigenvalue weighted by Gasteiger charge is -2.14. The lowest BCUT2D eigenvalue weighted by Crippen LogP contribution is -2.36. The van der Waals surface area contributed by atoms with Gasteiger partial charge in [-0.05, 0) is 19.1 Å². The molecule has 0 aliphatic carbocycles. The lowest BCUT2D eigenvalue weighted by molar-refractivity contribution is 0.566. The molecule has 0 amide bonds. The Hall–Kier alpha value is -0.990. The molecule has 0 spiro atoms. The predicted octanol–water partition coefficient (Wildman–Crippen LogP) is 0.169. The van der Waals surface area contributed by atoms with Gasteiger partial charge in [-0.15, -0.1) is 0 Å². The van der Waals surface area contributed by atoms with E-state index in [1.807, 2.05) is 0 Å². The predicted molar refractivity (Wildman–Crippen MR) is 72.5 cm³/mol. The normalized spacial score (nSPS) is 15.1. The monoisotopic (exact) mass is 291 g/mol. The van der Waals surface area contributed by atoms with E-state index in [0.29, 0.717) is 5.69 Å². The highest BCUT2D eigenvalue weighted by molar-refractivity contribution is 7.89. The van der Waals surface area contributed by atoms with Crippen LogP contribution < -0.4 is 10.0 Å². The molecule has 6 nitrogen and oxygen atoms in total. The molecule has 2 atom stereocenters. The summed E-state index contributed by atoms with van der Waals surface area (Å²) in [6, 6.07) is 2.87. The fourth-order valence-corrected chi connectivity index (χ4v) is 3.78. The van der Waals surface area contributed by atoms with Crippen LogP contribution in [0, 0.1) is 0 Å². The van der Waals surface area contributed by atoms with Crippen molar-refractivity contribution in [3.63, 3.8) is 0 Å². The highest BCUT2D eigenvalue weighted by Gasteiger charge is 2.22. The highest BCUT2D eigenvalue weighted by Crippen LogP contribution is 2.17. The number of nitrogens with zero attached hydrogens (tertiary/aromatic N) is 1. The van der Waals surface area contributed by atoms with E-state index in [9.17, 15) is 12.6 Å². The highest BCUT2D eigenvalue weighted by atomic mass is 32.2. The fraction of sp³-hybridized carbons (Fsp3) is 0.500. The number of hydrogen-bond donors (Lipinski definition) is 2. The Labute approximate surface area is 110 Å². The van der Waals surface area contributed by atoms with Crippen LogP contribution in [0.25, 0.3) is 0 Å². The van der Waals surface area contributed by atoms with Gasteiger partial charge in [0.25, 0.3) is 10.0 Å². The van der Waals surface area contributed by atoms with Gasteiger partial charge in [0.2, 0.25) is 0 Å². The molecule has 0 saturated heterocycles. The second-order valence-corrected chi connectivity index (χ2v) is 6.98. The maximum absolute atomic E-state index is 12.1. The molecule has 102 valence electrons. The third kappa shape index (κ3) is 4.04. The third-order valence-corrected chi connectivity index (χ3v) is 4.65. The summed E-state index contributed by atoms with van der Waals surface area (Å²) in [5.74, 6) is 0.265. The van der Waals surface area contributed by atoms with E-state index in [1.54, 1.807) is 26.1 Å². The van der Waals surface area contributed by atoms with Crippen molar-refractivity contribution >= 4 is 26.5 Å². The molecule has 18 heavy (non-hydrogen) atoms. The van der Waals surface area contributed by atoms with E-state index in [1.165, 1.54) is 12.5 Å². The average Bonchev–Trinajstić information content (AvgIpc) is 2.27. The molecule has 0 bridgehead atoms. The van der Waals surface area contributed by atoms with Crippen molar-refractivity contribution in [3.05, 3.63) is 18.3 Å². The second kappa shape index (κ2) is 6.26. The topological polar surface area (TPSA) is 88.2 Å². The summed E-state index contributed by atoms with van der Waals surface area (Å²) in [6.45, 7) is 1.67. The van der Waals surface area contributed by atoms with Crippen molar-refractivity contribution in [2.45, 2.75) is 18.0 Å². The van der Waals surface area contributed by atoms with Crippen molar-refractivity contribution in [2.75, 3.05) is 24.4 Å². The zero-order chi connectivity index (χ0) is 13.8. The number of sulfonamides is 1. The molecule has 0 aromatic carbocycles. The van der Waals surface area contributed by atoms with Crippen LogP contribution in [-0.4, -0.2) is 42.7 Å². The maximum atomic E-state index is 12.1. The first-order valence-corrected chi connectivity index (χ1v) is 8.53. The molecular formula is C10H17N3O3S2. The summed E-state index contributed by atoms with van der Waals surface area (Å²) in [4.78, 5) is 3.86. The van der Waals surface area contributed by atoms with Gasteiger partial charge in [-0.3, -0.25) is 4.21 Å². The summed E-state index contributed by atoms with van der Waals surface area (Å²) in [6.07, 6.45) is 2.95. The van der Waals surface area contributed by atoms with Crippen LogP contribution in [0.5, 0.6) is 0 Å². The molecule has 1 aromatic rings. The van der Waals surface area contributed by atoms with Crippen molar-refractivity contribution in [1.29, 1.82) is 0 Å². The van der Waals surface area contributed by atoms with Gasteiger partial charge in [0, 0.05) is 42.1 Å². The van der Waals surface area contributed by atoms with Gasteiger partial charge >= 0.3 is 0 Å². The van der Waals surface area contributed by atoms with Crippen molar-refractivity contribution in [1.82, 2.24) is 9.71 Å². The van der Waals surface area contributed by atoms with Gasteiger partial charge in [-0.2, -0.15) is 0 Å². The molecule has 1 heterocycles. The molecule has 2 N–H and O–H groups in total. The van der Waals surface area contributed by atoms with E-state index in [-0.39, 0.29) is 10.8 Å². The number of rotatable bonds is 6. The summed E-state index contributed by atoms with van der Waals surface area (Å²) < 4.78 is 37.7. The minimum Gasteiger partial charge on any atom is -0.386 e. The van der Waals surface area contributed by atoms with Crippen molar-refractivity contribution in [3.8, 4) is 0 Å². The molecule has 0 aliphatic rings. The van der Waals surface area contributed by atoms with Gasteiger partial charge in [-0.25, -0.2) is 18.1 Å². The van der Waals surface area contributed by atoms with Crippen LogP contribution in [0.4, 0.5) is 5.69 Å². The first-order chi connectivity index (χ1) is 8.36. The first kappa shape index (κ1) is 15.1. The van der Waals surface area contributed by atoms with Gasteiger partial charge in [-0.1, -0.05) is 0 Å². The molecule has 0 saturated carbocycles. The summed E-state index contributed by atoms with van der Waals surface area (Å²) in [5.41, 5.74) is 0.426. The summed E-state index contributed by atoms with van der Waals surface area (Å²) >= 11 is 0. The average molecular weight is 291 g/mol. The molecule has 1 aromatic heterocycles. The SMILES string of the molecule is CNc1cccnc1S(=O)(=O)NC(C)CS(C)=O. The number of aromatic nitrogens is 1. The smallest absolute Gasteiger partial charge is 0.260 e. The fourth-order valence-electron chi connectivity index (χ4n) is 1.50. The molecule has 0 radical (unpaired) electrons. The largest absolute Gasteiger partial charge is 0.386 e. The molecular weight excluding hydrogens is 274 g/mol. The summed E-state index contributed by atoms with van der Waals surface area (Å²) in [7, 11) is -3.14. The van der Waals surface area contributed by atoms with Gasteiger partial charge in [0.1, 0.15) is 0 Å². The van der Waals surface area contributed by atoms with E-state index < -0.39 is 26.9 Å². The molecule has 1 rings (SSSR count). The Bertz CT molecular complexity index is 531. The Balaban J connectivity index is 2.96. The molecule has 0 aliphatic heterocycles. The number of nitrogens with one attached hydrogen (secondary N) is 2. The Morgan fingerprint density at radius 2 is 2.17 bits per heavy atom. The van der Waals surface area contributed by atoms with Crippen LogP contribution in [0.2, 0.25) is 0 Å². The molecule has 8 heteroatoms. The first-order valence-electron chi connectivity index (χ1n) is 5.32. The van der Waals surface area contributed by atoms with Crippen LogP contribution in [0.15, 0.2) is 23.4 Å². The standard InChI is InChI=1S/C10H17N3O3S2/c1-8(7-17(3)14)13-18(15,16)10-9(11-2)5-4-6-12-10/h4-6,8,11,13H,7H2,1-3H3. The molecule has 2 unspecified atom stereocenters. The van der Waals surface area contributed by atoms with Gasteiger partial charge in [0.15, 0.2) is 5.03 Å². The zero-order valence-electron chi connectivity index (χ0n) is 10.5. The third-order valence-electron chi connectivity index (χ3n) is 2.14. The number of hydrogen-bond acceptors (Lipinski definition) is 5. The van der Waals surface area contributed by atoms with Crippen molar-refractivity contribution in [2.24, 2.45) is 0 Å². The minimum atomic E-state index is -3.71. The van der Waals surface area contributed by atoms with E-state index in [0.717, 1.165) is 0 Å². The zero-order valence-corrected chi connectivity index (χ0v) is 12.1. The Morgan fingerprint density at radius 1 is 1.50 bits per heavy atom. The van der Waals surface area contributed by atoms with Crippen LogP contribution >= 0.6 is 0 Å². The Kier molecular flexibility index (Phi) is 5.24. The second-order valence-electron chi connectivity index (χ2n) is 3.87. The number of pyridine rings is 1. The van der Waals surface area contributed by atoms with E-state index in [2.05, 4.69) is 15.0 Å². The maximum Gasteiger partial charge on any atom is 0.260 e. The Morgan fingerprint density at radius 3 is 2.72 bits per heavy atom. The number of anilines is 1. The summed E-state index contributed by atoms with van der Waals surface area (Å²) in [5, 5.41) is 2.72. The van der Waals surface area contributed by atoms with Crippen LogP contribution in [0.3, 0.4) is 0 Å². The van der Waals surface area contributed by atoms with Crippen LogP contribution in [-0.2, 0) is 20.8 Å². The minimum absolute atomic E-state index is 0.0544. The van der Waals surface area contributed by atoms with E-state index >= 15 is 0 Å². The van der Waals surface area contributed by atoms with Crippen molar-refractivity contribution < 1.29 is 12.6 Å².